The highest BCUT2D eigenvalue weighted by Gasteiger charge is 2.57. The standard InChI is InChI=1S/C10H15NO2S/c1-9(2)3-4-14-6-10(9)5-7(12)11-8(10)13/h3-6H2,1-2H3,(H,11,12,13). The van der Waals surface area contributed by atoms with E-state index in [0.29, 0.717) is 6.42 Å². The molecule has 0 saturated carbocycles. The molecule has 2 aliphatic rings. The van der Waals surface area contributed by atoms with Gasteiger partial charge in [-0.2, -0.15) is 11.8 Å². The molecule has 0 bridgehead atoms. The molecule has 3 nitrogen and oxygen atoms in total. The lowest BCUT2D eigenvalue weighted by Gasteiger charge is -2.44. The molecule has 0 aliphatic carbocycles. The second-order valence-corrected chi connectivity index (χ2v) is 5.93. The fourth-order valence-electron chi connectivity index (χ4n) is 2.32. The van der Waals surface area contributed by atoms with Gasteiger partial charge in [-0.25, -0.2) is 0 Å². The number of amides is 2. The van der Waals surface area contributed by atoms with Crippen LogP contribution in [0, 0.1) is 10.8 Å². The largest absolute Gasteiger partial charge is 0.296 e. The summed E-state index contributed by atoms with van der Waals surface area (Å²) >= 11 is 1.79. The third kappa shape index (κ3) is 1.20. The van der Waals surface area contributed by atoms with Crippen LogP contribution in [0.3, 0.4) is 0 Å². The second-order valence-electron chi connectivity index (χ2n) is 4.82. The maximum atomic E-state index is 11.8. The minimum atomic E-state index is -0.438. The highest BCUT2D eigenvalue weighted by atomic mass is 32.2. The third-order valence-electron chi connectivity index (χ3n) is 3.67. The van der Waals surface area contributed by atoms with E-state index in [-0.39, 0.29) is 17.2 Å². The van der Waals surface area contributed by atoms with Crippen LogP contribution >= 0.6 is 11.8 Å². The van der Waals surface area contributed by atoms with Gasteiger partial charge in [-0.05, 0) is 17.6 Å². The summed E-state index contributed by atoms with van der Waals surface area (Å²) in [5, 5.41) is 2.44. The van der Waals surface area contributed by atoms with Gasteiger partial charge in [-0.15, -0.1) is 0 Å². The first-order valence-electron chi connectivity index (χ1n) is 4.90. The maximum Gasteiger partial charge on any atom is 0.234 e. The Morgan fingerprint density at radius 2 is 2.07 bits per heavy atom. The monoisotopic (exact) mass is 213 g/mol. The van der Waals surface area contributed by atoms with Crippen molar-refractivity contribution in [3.63, 3.8) is 0 Å². The highest BCUT2D eigenvalue weighted by molar-refractivity contribution is 7.99. The summed E-state index contributed by atoms with van der Waals surface area (Å²) in [6.07, 6.45) is 1.39. The quantitative estimate of drug-likeness (QED) is 0.615. The smallest absolute Gasteiger partial charge is 0.234 e. The van der Waals surface area contributed by atoms with E-state index in [2.05, 4.69) is 19.2 Å². The van der Waals surface area contributed by atoms with Crippen molar-refractivity contribution in [3.8, 4) is 0 Å². The summed E-state index contributed by atoms with van der Waals surface area (Å²) < 4.78 is 0. The van der Waals surface area contributed by atoms with E-state index < -0.39 is 5.41 Å². The third-order valence-corrected chi connectivity index (χ3v) is 4.86. The topological polar surface area (TPSA) is 46.2 Å². The molecule has 1 atom stereocenters. The van der Waals surface area contributed by atoms with E-state index in [0.717, 1.165) is 17.9 Å². The number of carbonyl (C=O) groups excluding carboxylic acids is 2. The molecule has 2 rings (SSSR count). The van der Waals surface area contributed by atoms with Gasteiger partial charge in [0.2, 0.25) is 11.8 Å². The lowest BCUT2D eigenvalue weighted by Crippen LogP contribution is -2.48. The Balaban J connectivity index is 2.37. The summed E-state index contributed by atoms with van der Waals surface area (Å²) in [6.45, 7) is 4.20. The van der Waals surface area contributed by atoms with E-state index in [9.17, 15) is 9.59 Å². The molecule has 0 aromatic rings. The van der Waals surface area contributed by atoms with Crippen molar-refractivity contribution in [2.24, 2.45) is 10.8 Å². The van der Waals surface area contributed by atoms with Crippen molar-refractivity contribution >= 4 is 23.6 Å². The summed E-state index contributed by atoms with van der Waals surface area (Å²) in [7, 11) is 0. The van der Waals surface area contributed by atoms with Gasteiger partial charge >= 0.3 is 0 Å². The van der Waals surface area contributed by atoms with Crippen LogP contribution in [-0.2, 0) is 9.59 Å². The summed E-state index contributed by atoms with van der Waals surface area (Å²) in [6, 6.07) is 0. The molecule has 14 heavy (non-hydrogen) atoms. The van der Waals surface area contributed by atoms with Crippen molar-refractivity contribution in [2.75, 3.05) is 11.5 Å². The zero-order chi connectivity index (χ0) is 10.4. The predicted molar refractivity (Wildman–Crippen MR) is 55.9 cm³/mol. The molecule has 1 N–H and O–H groups in total. The molecular formula is C10H15NO2S. The van der Waals surface area contributed by atoms with Crippen LogP contribution in [0.2, 0.25) is 0 Å². The van der Waals surface area contributed by atoms with E-state index in [1.807, 2.05) is 0 Å². The molecule has 4 heteroatoms. The maximum absolute atomic E-state index is 11.8. The van der Waals surface area contributed by atoms with Gasteiger partial charge in [0.15, 0.2) is 0 Å². The zero-order valence-electron chi connectivity index (χ0n) is 8.55. The molecule has 0 aromatic carbocycles. The number of hydrogen-bond acceptors (Lipinski definition) is 3. The molecule has 2 aliphatic heterocycles. The normalized spacial score (nSPS) is 36.1. The van der Waals surface area contributed by atoms with Crippen LogP contribution < -0.4 is 5.32 Å². The fraction of sp³-hybridized carbons (Fsp3) is 0.800. The summed E-state index contributed by atoms with van der Waals surface area (Å²) in [5.41, 5.74) is -0.485. The molecule has 78 valence electrons. The first kappa shape index (κ1) is 10.0. The SMILES string of the molecule is CC1(C)CCSCC12CC(=O)NC2=O. The van der Waals surface area contributed by atoms with Crippen molar-refractivity contribution in [1.82, 2.24) is 5.32 Å². The first-order valence-corrected chi connectivity index (χ1v) is 6.05. The van der Waals surface area contributed by atoms with Crippen molar-refractivity contribution < 1.29 is 9.59 Å². The Morgan fingerprint density at radius 3 is 2.57 bits per heavy atom. The van der Waals surface area contributed by atoms with Crippen molar-refractivity contribution in [2.45, 2.75) is 26.7 Å². The minimum absolute atomic E-state index is 0.0471. The van der Waals surface area contributed by atoms with Crippen molar-refractivity contribution in [3.05, 3.63) is 0 Å². The highest BCUT2D eigenvalue weighted by Crippen LogP contribution is 2.52. The number of carbonyl (C=O) groups is 2. The Kier molecular flexibility index (Phi) is 2.14. The first-order chi connectivity index (χ1) is 6.48. The van der Waals surface area contributed by atoms with Gasteiger partial charge in [-0.3, -0.25) is 14.9 Å². The van der Waals surface area contributed by atoms with Gasteiger partial charge in [0.05, 0.1) is 5.41 Å². The van der Waals surface area contributed by atoms with Crippen LogP contribution in [0.4, 0.5) is 0 Å². The molecule has 2 fully saturated rings. The summed E-state index contributed by atoms with van der Waals surface area (Å²) in [4.78, 5) is 23.1. The van der Waals surface area contributed by atoms with Gasteiger partial charge in [0.1, 0.15) is 0 Å². The van der Waals surface area contributed by atoms with Crippen LogP contribution in [0.25, 0.3) is 0 Å². The number of imide groups is 1. The van der Waals surface area contributed by atoms with Gasteiger partial charge < -0.3 is 0 Å². The number of rotatable bonds is 0. The van der Waals surface area contributed by atoms with Gasteiger partial charge in [0.25, 0.3) is 0 Å². The average molecular weight is 213 g/mol. The van der Waals surface area contributed by atoms with E-state index in [1.54, 1.807) is 11.8 Å². The van der Waals surface area contributed by atoms with Crippen LogP contribution in [0.15, 0.2) is 0 Å². The van der Waals surface area contributed by atoms with E-state index >= 15 is 0 Å². The lowest BCUT2D eigenvalue weighted by molar-refractivity contribution is -0.132. The Hall–Kier alpha value is -0.510. The molecule has 2 heterocycles. The summed E-state index contributed by atoms with van der Waals surface area (Å²) in [5.74, 6) is 1.72. The molecule has 1 unspecified atom stereocenters. The van der Waals surface area contributed by atoms with Gasteiger partial charge in [-0.1, -0.05) is 13.8 Å². The van der Waals surface area contributed by atoms with E-state index in [1.165, 1.54) is 0 Å². The Labute approximate surface area is 88.0 Å². The van der Waals surface area contributed by atoms with E-state index in [4.69, 9.17) is 0 Å². The molecule has 1 spiro atoms. The second kappa shape index (κ2) is 2.99. The van der Waals surface area contributed by atoms with Crippen LogP contribution in [0.1, 0.15) is 26.7 Å². The van der Waals surface area contributed by atoms with Crippen molar-refractivity contribution in [1.29, 1.82) is 0 Å². The number of nitrogens with one attached hydrogen (secondary N) is 1. The molecule has 2 saturated heterocycles. The number of hydrogen-bond donors (Lipinski definition) is 1. The molecule has 0 aromatic heterocycles. The lowest BCUT2D eigenvalue weighted by atomic mass is 9.63. The fourth-order valence-corrected chi connectivity index (χ4v) is 4.09. The number of thioether (sulfide) groups is 1. The Bertz CT molecular complexity index is 300. The average Bonchev–Trinajstić information content (AvgIpc) is 2.35. The van der Waals surface area contributed by atoms with Crippen LogP contribution in [-0.4, -0.2) is 23.3 Å². The molecule has 2 amide bonds. The van der Waals surface area contributed by atoms with Gasteiger partial charge in [0, 0.05) is 12.2 Å². The molecular weight excluding hydrogens is 198 g/mol. The van der Waals surface area contributed by atoms with Crippen LogP contribution in [0.5, 0.6) is 0 Å². The molecule has 0 radical (unpaired) electrons. The minimum Gasteiger partial charge on any atom is -0.296 e. The predicted octanol–water partition coefficient (Wildman–Crippen LogP) is 1.18. The zero-order valence-corrected chi connectivity index (χ0v) is 9.37. The Morgan fingerprint density at radius 1 is 1.36 bits per heavy atom.